The van der Waals surface area contributed by atoms with E-state index in [1.54, 1.807) is 6.26 Å². The molecule has 0 spiro atoms. The third kappa shape index (κ3) is 5.41. The maximum atomic E-state index is 5.39. The average molecular weight is 352 g/mol. The number of rotatable bonds is 7. The molecule has 1 aromatic heterocycles. The van der Waals surface area contributed by atoms with Crippen LogP contribution in [0.4, 0.5) is 5.69 Å². The van der Waals surface area contributed by atoms with Gasteiger partial charge in [0.1, 0.15) is 5.76 Å². The summed E-state index contributed by atoms with van der Waals surface area (Å²) in [6, 6.07) is 14.9. The van der Waals surface area contributed by atoms with E-state index in [2.05, 4.69) is 57.4 Å². The number of guanidine groups is 1. The second-order valence-corrected chi connectivity index (χ2v) is 6.79. The van der Waals surface area contributed by atoms with Gasteiger partial charge in [0.25, 0.3) is 0 Å². The molecule has 5 heteroatoms. The Hall–Kier alpha value is -2.69. The highest BCUT2D eigenvalue weighted by molar-refractivity contribution is 5.80. The van der Waals surface area contributed by atoms with Gasteiger partial charge in [-0.3, -0.25) is 0 Å². The molecule has 1 atom stereocenters. The van der Waals surface area contributed by atoms with Crippen molar-refractivity contribution in [2.45, 2.75) is 25.8 Å². The van der Waals surface area contributed by atoms with E-state index < -0.39 is 0 Å². The topological polar surface area (TPSA) is 52.8 Å². The normalized spacial score (nSPS) is 17.3. The van der Waals surface area contributed by atoms with Gasteiger partial charge in [-0.25, -0.2) is 4.99 Å². The number of benzene rings is 1. The van der Waals surface area contributed by atoms with E-state index in [0.717, 1.165) is 49.8 Å². The van der Waals surface area contributed by atoms with Crippen molar-refractivity contribution in [1.82, 2.24) is 10.6 Å². The van der Waals surface area contributed by atoms with Crippen molar-refractivity contribution >= 4 is 11.6 Å². The Bertz CT molecular complexity index is 709. The van der Waals surface area contributed by atoms with Crippen LogP contribution in [0.2, 0.25) is 0 Å². The molecule has 1 saturated heterocycles. The molecular formula is C21H28N4O. The minimum Gasteiger partial charge on any atom is -0.469 e. The van der Waals surface area contributed by atoms with Gasteiger partial charge in [0.15, 0.2) is 5.96 Å². The summed E-state index contributed by atoms with van der Waals surface area (Å²) < 4.78 is 5.39. The molecule has 0 bridgehead atoms. The van der Waals surface area contributed by atoms with Crippen LogP contribution in [-0.4, -0.2) is 38.2 Å². The molecule has 1 aromatic carbocycles. The first-order chi connectivity index (χ1) is 12.7. The molecular weight excluding hydrogens is 324 g/mol. The van der Waals surface area contributed by atoms with Crippen molar-refractivity contribution in [1.29, 1.82) is 0 Å². The van der Waals surface area contributed by atoms with Gasteiger partial charge in [0, 0.05) is 37.8 Å². The fourth-order valence-electron chi connectivity index (χ4n) is 3.07. The van der Waals surface area contributed by atoms with Gasteiger partial charge in [-0.1, -0.05) is 30.4 Å². The average Bonchev–Trinajstić information content (AvgIpc) is 3.32. The molecule has 3 rings (SSSR count). The van der Waals surface area contributed by atoms with Crippen LogP contribution in [0.1, 0.15) is 19.1 Å². The molecule has 0 aliphatic carbocycles. The van der Waals surface area contributed by atoms with Gasteiger partial charge in [0.05, 0.1) is 12.8 Å². The zero-order chi connectivity index (χ0) is 18.2. The standard InChI is InChI=1S/C21H28N4O/c1-17(2)15-23-21(22-12-10-20-9-6-14-26-20)24-18-11-13-25(16-18)19-7-4-3-5-8-19/h3-9,14,18H,1,10-13,15-16H2,2H3,(H2,22,23,24). The Balaban J connectivity index is 1.53. The first-order valence-electron chi connectivity index (χ1n) is 9.22. The second kappa shape index (κ2) is 9.13. The highest BCUT2D eigenvalue weighted by Crippen LogP contribution is 2.19. The van der Waals surface area contributed by atoms with Crippen molar-refractivity contribution in [3.8, 4) is 0 Å². The van der Waals surface area contributed by atoms with Crippen molar-refractivity contribution in [3.05, 3.63) is 66.6 Å². The third-order valence-corrected chi connectivity index (χ3v) is 4.40. The molecule has 2 aromatic rings. The summed E-state index contributed by atoms with van der Waals surface area (Å²) in [7, 11) is 0. The third-order valence-electron chi connectivity index (χ3n) is 4.40. The van der Waals surface area contributed by atoms with Crippen LogP contribution in [0.5, 0.6) is 0 Å². The molecule has 1 unspecified atom stereocenters. The fraction of sp³-hybridized carbons (Fsp3) is 0.381. The molecule has 1 fully saturated rings. The van der Waals surface area contributed by atoms with Crippen LogP contribution in [-0.2, 0) is 6.42 Å². The van der Waals surface area contributed by atoms with E-state index in [1.807, 2.05) is 19.1 Å². The van der Waals surface area contributed by atoms with E-state index >= 15 is 0 Å². The second-order valence-electron chi connectivity index (χ2n) is 6.79. The summed E-state index contributed by atoms with van der Waals surface area (Å²) in [4.78, 5) is 7.06. The molecule has 1 aliphatic heterocycles. The van der Waals surface area contributed by atoms with Crippen molar-refractivity contribution in [3.63, 3.8) is 0 Å². The van der Waals surface area contributed by atoms with Crippen LogP contribution in [0.25, 0.3) is 0 Å². The largest absolute Gasteiger partial charge is 0.469 e. The molecule has 0 radical (unpaired) electrons. The van der Waals surface area contributed by atoms with Crippen LogP contribution in [0, 0.1) is 0 Å². The Labute approximate surface area is 155 Å². The number of hydrogen-bond acceptors (Lipinski definition) is 3. The van der Waals surface area contributed by atoms with Crippen molar-refractivity contribution in [2.75, 3.05) is 31.1 Å². The van der Waals surface area contributed by atoms with Crippen molar-refractivity contribution < 1.29 is 4.42 Å². The molecule has 26 heavy (non-hydrogen) atoms. The maximum Gasteiger partial charge on any atom is 0.191 e. The smallest absolute Gasteiger partial charge is 0.191 e. The Kier molecular flexibility index (Phi) is 6.36. The molecule has 0 amide bonds. The molecule has 1 aliphatic rings. The van der Waals surface area contributed by atoms with Crippen LogP contribution in [0.15, 0.2) is 70.3 Å². The number of hydrogen-bond donors (Lipinski definition) is 2. The van der Waals surface area contributed by atoms with Crippen LogP contribution < -0.4 is 15.5 Å². The van der Waals surface area contributed by atoms with Gasteiger partial charge in [-0.2, -0.15) is 0 Å². The van der Waals surface area contributed by atoms with E-state index in [0.29, 0.717) is 12.6 Å². The van der Waals surface area contributed by atoms with Gasteiger partial charge < -0.3 is 20.0 Å². The molecule has 2 heterocycles. The summed E-state index contributed by atoms with van der Waals surface area (Å²) in [5.74, 6) is 1.83. The number of nitrogens with one attached hydrogen (secondary N) is 2. The Morgan fingerprint density at radius 2 is 2.12 bits per heavy atom. The van der Waals surface area contributed by atoms with Gasteiger partial charge in [-0.05, 0) is 37.6 Å². The quantitative estimate of drug-likeness (QED) is 0.456. The highest BCUT2D eigenvalue weighted by atomic mass is 16.3. The van der Waals surface area contributed by atoms with Gasteiger partial charge in [-0.15, -0.1) is 0 Å². The summed E-state index contributed by atoms with van der Waals surface area (Å²) in [6.45, 7) is 9.39. The zero-order valence-corrected chi connectivity index (χ0v) is 15.4. The van der Waals surface area contributed by atoms with Crippen LogP contribution >= 0.6 is 0 Å². The maximum absolute atomic E-state index is 5.39. The first-order valence-corrected chi connectivity index (χ1v) is 9.22. The monoisotopic (exact) mass is 352 g/mol. The number of furan rings is 1. The Morgan fingerprint density at radius 3 is 2.85 bits per heavy atom. The number of para-hydroxylation sites is 1. The summed E-state index contributed by atoms with van der Waals surface area (Å²) in [6.07, 6.45) is 3.64. The van der Waals surface area contributed by atoms with Gasteiger partial charge >= 0.3 is 0 Å². The lowest BCUT2D eigenvalue weighted by molar-refractivity contribution is 0.506. The fourth-order valence-corrected chi connectivity index (χ4v) is 3.07. The summed E-state index contributed by atoms with van der Waals surface area (Å²) in [5.41, 5.74) is 2.33. The van der Waals surface area contributed by atoms with Gasteiger partial charge in [0.2, 0.25) is 0 Å². The molecule has 0 saturated carbocycles. The van der Waals surface area contributed by atoms with Crippen LogP contribution in [0.3, 0.4) is 0 Å². The van der Waals surface area contributed by atoms with E-state index in [9.17, 15) is 0 Å². The lowest BCUT2D eigenvalue weighted by atomic mass is 10.2. The number of aliphatic imine (C=N–C) groups is 1. The van der Waals surface area contributed by atoms with E-state index in [4.69, 9.17) is 4.42 Å². The van der Waals surface area contributed by atoms with E-state index in [1.165, 1.54) is 5.69 Å². The van der Waals surface area contributed by atoms with Crippen molar-refractivity contribution in [2.24, 2.45) is 4.99 Å². The highest BCUT2D eigenvalue weighted by Gasteiger charge is 2.23. The minimum atomic E-state index is 0.384. The lowest BCUT2D eigenvalue weighted by Gasteiger charge is -2.20. The van der Waals surface area contributed by atoms with E-state index in [-0.39, 0.29) is 0 Å². The minimum absolute atomic E-state index is 0.384. The zero-order valence-electron chi connectivity index (χ0n) is 15.4. The molecule has 5 nitrogen and oxygen atoms in total. The first kappa shape index (κ1) is 18.1. The molecule has 138 valence electrons. The Morgan fingerprint density at radius 1 is 1.27 bits per heavy atom. The lowest BCUT2D eigenvalue weighted by Crippen LogP contribution is -2.45. The number of nitrogens with zero attached hydrogens (tertiary/aromatic N) is 2. The summed E-state index contributed by atoms with van der Waals surface area (Å²) >= 11 is 0. The number of anilines is 1. The predicted octanol–water partition coefficient (Wildman–Crippen LogP) is 3.21. The summed E-state index contributed by atoms with van der Waals surface area (Å²) in [5, 5.41) is 6.99. The predicted molar refractivity (Wildman–Crippen MR) is 108 cm³/mol. The molecule has 2 N–H and O–H groups in total. The SMILES string of the molecule is C=C(C)CN=C(NCCc1ccco1)NC1CCN(c2ccccc2)C1.